The Morgan fingerprint density at radius 1 is 0.655 bits per heavy atom. The van der Waals surface area contributed by atoms with Crippen molar-refractivity contribution in [3.63, 3.8) is 0 Å². The molecule has 284 valence electrons. The smallest absolute Gasteiger partial charge is 0.172 e. The molecule has 1 nitrogen and oxygen atoms in total. The summed E-state index contributed by atoms with van der Waals surface area (Å²) < 4.78 is 5.18. The molecule has 8 rings (SSSR count). The summed E-state index contributed by atoms with van der Waals surface area (Å²) in [5, 5.41) is 4.12. The fourth-order valence-electron chi connectivity index (χ4n) is 7.03. The Kier molecular flexibility index (Phi) is 18.1. The first-order valence-electron chi connectivity index (χ1n) is 18.6. The second-order valence-corrected chi connectivity index (χ2v) is 35.0. The third kappa shape index (κ3) is 12.2. The second-order valence-electron chi connectivity index (χ2n) is 15.6. The van der Waals surface area contributed by atoms with E-state index in [2.05, 4.69) is 173 Å². The van der Waals surface area contributed by atoms with Crippen LogP contribution in [0.15, 0.2) is 164 Å². The molecule has 6 aromatic carbocycles. The maximum Gasteiger partial charge on any atom is -0.172 e. The van der Waals surface area contributed by atoms with Crippen LogP contribution in [0.4, 0.5) is 0 Å². The number of rotatable bonds is 6. The molecule has 0 spiro atoms. The number of benzene rings is 4. The molecule has 2 aliphatic carbocycles. The van der Waals surface area contributed by atoms with Crippen LogP contribution in [0.25, 0.3) is 39.1 Å². The van der Waals surface area contributed by atoms with Crippen molar-refractivity contribution in [3.8, 4) is 28.0 Å². The van der Waals surface area contributed by atoms with Crippen LogP contribution >= 0.6 is 0 Å². The molecule has 0 aliphatic heterocycles. The largest absolute Gasteiger partial charge is 1.00 e. The van der Waals surface area contributed by atoms with Gasteiger partial charge in [-0.05, 0) is 51.0 Å². The Morgan fingerprint density at radius 3 is 1.78 bits per heavy atom. The molecule has 0 N–H and O–H groups in total. The number of ether oxygens (including phenoxy) is 1. The quantitative estimate of drug-likeness (QED) is 0.127. The van der Waals surface area contributed by atoms with E-state index in [4.69, 9.17) is 4.74 Å². The molecule has 1 atom stereocenters. The maximum absolute atomic E-state index is 5.18. The van der Waals surface area contributed by atoms with Crippen LogP contribution in [-0.2, 0) is 23.3 Å². The van der Waals surface area contributed by atoms with Gasteiger partial charge >= 0.3 is 41.9 Å². The summed E-state index contributed by atoms with van der Waals surface area (Å²) in [6, 6.07) is 47.2. The van der Waals surface area contributed by atoms with E-state index in [-0.39, 0.29) is 30.2 Å². The van der Waals surface area contributed by atoms with E-state index in [0.29, 0.717) is 11.1 Å². The predicted molar refractivity (Wildman–Crippen MR) is 237 cm³/mol. The average molecular weight is 893 g/mol. The van der Waals surface area contributed by atoms with Crippen molar-refractivity contribution in [1.29, 1.82) is 0 Å². The van der Waals surface area contributed by atoms with Crippen molar-refractivity contribution in [2.75, 3.05) is 7.11 Å². The molecule has 0 fully saturated rings. The van der Waals surface area contributed by atoms with Crippen LogP contribution in [0, 0.1) is 0 Å². The first-order chi connectivity index (χ1) is 25.4. The molecule has 0 heterocycles. The molecule has 0 saturated heterocycles. The van der Waals surface area contributed by atoms with Crippen molar-refractivity contribution in [3.05, 3.63) is 175 Å². The summed E-state index contributed by atoms with van der Waals surface area (Å²) >= 11 is 1.74. The van der Waals surface area contributed by atoms with Gasteiger partial charge < -0.3 is 29.6 Å². The molecule has 0 amide bonds. The van der Waals surface area contributed by atoms with E-state index < -0.39 is 16.1 Å². The summed E-state index contributed by atoms with van der Waals surface area (Å²) in [6.45, 7) is 16.9. The Hall–Kier alpha value is -3.03. The van der Waals surface area contributed by atoms with Gasteiger partial charge in [-0.3, -0.25) is 0 Å². The van der Waals surface area contributed by atoms with Crippen molar-refractivity contribution in [2.24, 2.45) is 0 Å². The minimum atomic E-state index is -1.50. The number of halogens is 2. The standard InChI is InChI=1S/C25H30Si2.C16H13O.C5H5.C2H6Si.2ClH.Zr/c1-26(2,3)20-15-13-19(14-16-20)22-11-8-12-24-23(22)17-18-25(24)27(4,5)21-9-6-7-10-21;1-17-14-10-8-13(9-11-14)16-7-3-5-12-4-2-6-15(12)16;1-2-4-5-3-1;1-3-2;;;/h6-18,21,25H,1-5H3;2-11H,1H3;1-5H;1-2H3;2*1H;/q;2*-1;;;;+2/p-2. The van der Waals surface area contributed by atoms with E-state index in [0.717, 1.165) is 5.75 Å². The van der Waals surface area contributed by atoms with Gasteiger partial charge in [0.05, 0.1) is 23.3 Å². The van der Waals surface area contributed by atoms with Crippen LogP contribution in [-0.4, -0.2) is 28.7 Å². The number of allylic oxidation sites excluding steroid dienone is 5. The van der Waals surface area contributed by atoms with Crippen molar-refractivity contribution in [1.82, 2.24) is 0 Å². The van der Waals surface area contributed by atoms with Crippen LogP contribution < -0.4 is 34.7 Å². The maximum atomic E-state index is 5.18. The van der Waals surface area contributed by atoms with Gasteiger partial charge in [0.1, 0.15) is 5.75 Å². The summed E-state index contributed by atoms with van der Waals surface area (Å²) in [5.41, 5.74) is 9.64. The van der Waals surface area contributed by atoms with Crippen LogP contribution in [0.5, 0.6) is 5.75 Å². The van der Waals surface area contributed by atoms with Crippen LogP contribution in [0.3, 0.4) is 0 Å². The van der Waals surface area contributed by atoms with E-state index in [1.54, 1.807) is 30.4 Å². The zero-order valence-corrected chi connectivity index (χ0v) is 40.5. The molecule has 6 aromatic rings. The summed E-state index contributed by atoms with van der Waals surface area (Å²) in [7, 11) is -1.06. The number of hydrogen-bond acceptors (Lipinski definition) is 1. The number of hydrogen-bond donors (Lipinski definition) is 0. The first-order valence-corrected chi connectivity index (χ1v) is 31.5. The molecule has 0 aromatic heterocycles. The summed E-state index contributed by atoms with van der Waals surface area (Å²) in [5.74, 6) is 0.892. The molecule has 0 bridgehead atoms. The Labute approximate surface area is 360 Å². The molecular weight excluding hydrogens is 839 g/mol. The minimum absolute atomic E-state index is 0. The summed E-state index contributed by atoms with van der Waals surface area (Å²) in [6.07, 6.45) is 14.1. The predicted octanol–water partition coefficient (Wildman–Crippen LogP) is 7.19. The minimum Gasteiger partial charge on any atom is -1.00 e. The second kappa shape index (κ2) is 21.5. The number of methoxy groups -OCH3 is 1. The Bertz CT molecular complexity index is 2140. The Balaban J connectivity index is 0.000000247. The van der Waals surface area contributed by atoms with Gasteiger partial charge in [-0.2, -0.15) is 30.3 Å². The normalized spacial score (nSPS) is 13.9. The van der Waals surface area contributed by atoms with Gasteiger partial charge in [-0.15, -0.1) is 29.0 Å². The third-order valence-corrected chi connectivity index (χ3v) is 16.3. The topological polar surface area (TPSA) is 9.23 Å². The van der Waals surface area contributed by atoms with Crippen LogP contribution in [0.1, 0.15) is 16.7 Å². The molecule has 0 radical (unpaired) electrons. The Morgan fingerprint density at radius 2 is 1.22 bits per heavy atom. The zero-order valence-electron chi connectivity index (χ0n) is 33.5. The van der Waals surface area contributed by atoms with Gasteiger partial charge in [0, 0.05) is 0 Å². The van der Waals surface area contributed by atoms with E-state index in [1.807, 2.05) is 42.5 Å². The SMILES string of the molecule is COc1ccc(-c2cccc3[cH-]ccc23)cc1.C[Si](C)(C)c1ccc(-c2cccc3c2C=CC3[Si](C)(C)C2C=CC=C2)cc1.C[Si](C)=[Zr+2].[Cl-].[Cl-].c1cc[cH-]c1. The van der Waals surface area contributed by atoms with E-state index in [1.165, 1.54) is 49.3 Å². The van der Waals surface area contributed by atoms with Crippen molar-refractivity contribution >= 4 is 43.6 Å². The average Bonchev–Trinajstić information content (AvgIpc) is 3.99. The zero-order chi connectivity index (χ0) is 38.0. The fraction of sp³-hybridized carbons (Fsp3) is 0.208. The van der Waals surface area contributed by atoms with Gasteiger partial charge in [-0.25, -0.2) is 12.1 Å². The van der Waals surface area contributed by atoms with Gasteiger partial charge in [0.2, 0.25) is 0 Å². The van der Waals surface area contributed by atoms with Gasteiger partial charge in [-0.1, -0.05) is 141 Å². The molecule has 0 saturated carbocycles. The van der Waals surface area contributed by atoms with Crippen LogP contribution in [0.2, 0.25) is 51.4 Å². The number of fused-ring (bicyclic) bond motifs is 2. The van der Waals surface area contributed by atoms with E-state index >= 15 is 0 Å². The first kappa shape index (κ1) is 46.4. The molecule has 1 unspecified atom stereocenters. The van der Waals surface area contributed by atoms with Gasteiger partial charge in [0.25, 0.3) is 0 Å². The molecule has 7 heteroatoms. The molecule has 55 heavy (non-hydrogen) atoms. The fourth-order valence-corrected chi connectivity index (χ4v) is 11.5. The monoisotopic (exact) mass is 890 g/mol. The van der Waals surface area contributed by atoms with E-state index in [9.17, 15) is 0 Å². The third-order valence-electron chi connectivity index (χ3n) is 10.0. The molecular formula is C48H54Cl2OSi3Zr-2. The van der Waals surface area contributed by atoms with Crippen molar-refractivity contribution in [2.45, 2.75) is 56.9 Å². The molecule has 2 aliphatic rings. The summed E-state index contributed by atoms with van der Waals surface area (Å²) in [4.78, 5) is 0. The van der Waals surface area contributed by atoms with Gasteiger partial charge in [0.15, 0.2) is 0 Å². The van der Waals surface area contributed by atoms with Crippen molar-refractivity contribution < 1.29 is 52.9 Å².